The maximum Gasteiger partial charge on any atom is 0.240 e. The molecule has 8 heteroatoms. The molecule has 3 rings (SSSR count). The van der Waals surface area contributed by atoms with E-state index in [2.05, 4.69) is 20.3 Å². The topological polar surface area (TPSA) is 103 Å². The second-order valence-corrected chi connectivity index (χ2v) is 9.10. The Bertz CT molecular complexity index is 737. The molecule has 0 unspecified atom stereocenters. The summed E-state index contributed by atoms with van der Waals surface area (Å²) >= 11 is 0. The molecule has 0 atom stereocenters. The molecule has 1 aromatic rings. The Labute approximate surface area is 161 Å². The van der Waals surface area contributed by atoms with Crippen molar-refractivity contribution in [1.82, 2.24) is 15.4 Å². The van der Waals surface area contributed by atoms with Crippen molar-refractivity contribution in [2.45, 2.75) is 75.1 Å². The monoisotopic (exact) mass is 394 g/mol. The Balaban J connectivity index is 1.58. The first kappa shape index (κ1) is 20.1. The van der Waals surface area contributed by atoms with E-state index in [0.717, 1.165) is 56.6 Å². The van der Waals surface area contributed by atoms with Gasteiger partial charge in [0, 0.05) is 18.6 Å². The zero-order valence-corrected chi connectivity index (χ0v) is 16.6. The summed E-state index contributed by atoms with van der Waals surface area (Å²) < 4.78 is 27.1. The van der Waals surface area contributed by atoms with Crippen molar-refractivity contribution in [3.05, 3.63) is 29.8 Å². The van der Waals surface area contributed by atoms with Gasteiger partial charge >= 0.3 is 0 Å². The summed E-state index contributed by atoms with van der Waals surface area (Å²) in [6.07, 6.45) is 5.19. The summed E-state index contributed by atoms with van der Waals surface area (Å²) in [5.41, 5.74) is 0.955. The number of nitrogens with one attached hydrogen (secondary N) is 3. The van der Waals surface area contributed by atoms with E-state index in [1.807, 2.05) is 19.1 Å². The number of aliphatic hydroxyl groups excluding tert-OH is 1. The average Bonchev–Trinajstić information content (AvgIpc) is 3.45. The molecule has 0 bridgehead atoms. The van der Waals surface area contributed by atoms with Gasteiger partial charge < -0.3 is 15.7 Å². The summed E-state index contributed by atoms with van der Waals surface area (Å²) in [6.45, 7) is 3.26. The normalized spacial score (nSPS) is 23.9. The van der Waals surface area contributed by atoms with E-state index in [-0.39, 0.29) is 12.1 Å². The molecule has 1 aromatic carbocycles. The predicted molar refractivity (Wildman–Crippen MR) is 106 cm³/mol. The van der Waals surface area contributed by atoms with Gasteiger partial charge in [0.1, 0.15) is 0 Å². The van der Waals surface area contributed by atoms with Crippen molar-refractivity contribution in [2.24, 2.45) is 4.99 Å². The van der Waals surface area contributed by atoms with Crippen molar-refractivity contribution >= 4 is 16.0 Å². The largest absolute Gasteiger partial charge is 0.393 e. The lowest BCUT2D eigenvalue weighted by atomic mass is 9.93. The van der Waals surface area contributed by atoms with E-state index in [9.17, 15) is 13.5 Å². The first-order valence-corrected chi connectivity index (χ1v) is 11.3. The molecule has 0 aliphatic heterocycles. The molecule has 0 aromatic heterocycles. The fourth-order valence-electron chi connectivity index (χ4n) is 3.17. The second-order valence-electron chi connectivity index (χ2n) is 7.38. The summed E-state index contributed by atoms with van der Waals surface area (Å²) in [5.74, 6) is 0.756. The molecule has 27 heavy (non-hydrogen) atoms. The van der Waals surface area contributed by atoms with Crippen LogP contribution in [0.5, 0.6) is 0 Å². The van der Waals surface area contributed by atoms with Crippen LogP contribution in [0.25, 0.3) is 0 Å². The minimum atomic E-state index is -3.41. The maximum atomic E-state index is 12.2. The molecule has 4 N–H and O–H groups in total. The lowest BCUT2D eigenvalue weighted by Gasteiger charge is -2.27. The van der Waals surface area contributed by atoms with E-state index >= 15 is 0 Å². The molecular weight excluding hydrogens is 364 g/mol. The number of aliphatic imine (C=N–C) groups is 1. The highest BCUT2D eigenvalue weighted by Gasteiger charge is 2.27. The van der Waals surface area contributed by atoms with Crippen molar-refractivity contribution in [3.8, 4) is 0 Å². The molecular formula is C19H30N4O3S. The number of nitrogens with zero attached hydrogens (tertiary/aromatic N) is 1. The zero-order chi connectivity index (χ0) is 19.3. The Hall–Kier alpha value is -1.64. The van der Waals surface area contributed by atoms with E-state index in [1.165, 1.54) is 0 Å². The quantitative estimate of drug-likeness (QED) is 0.414. The van der Waals surface area contributed by atoms with E-state index in [0.29, 0.717) is 17.5 Å². The van der Waals surface area contributed by atoms with Gasteiger partial charge in [-0.25, -0.2) is 18.1 Å². The van der Waals surface area contributed by atoms with Crippen LogP contribution < -0.4 is 15.4 Å². The molecule has 2 saturated carbocycles. The van der Waals surface area contributed by atoms with Gasteiger partial charge in [-0.2, -0.15) is 0 Å². The summed E-state index contributed by atoms with van der Waals surface area (Å²) in [4.78, 5) is 4.91. The highest BCUT2D eigenvalue weighted by Crippen LogP contribution is 2.22. The molecule has 2 aliphatic carbocycles. The van der Waals surface area contributed by atoms with Crippen LogP contribution in [-0.4, -0.2) is 44.2 Å². The standard InChI is InChI=1S/C19H30N4O3S/c1-2-20-19(22-15-7-9-17(24)10-8-15)21-13-14-3-11-18(12-4-14)27(25,26)23-16-5-6-16/h3-4,11-12,15-17,23-24H,2,5-10,13H2,1H3,(H2,20,21,22). The Morgan fingerprint density at radius 3 is 2.30 bits per heavy atom. The predicted octanol–water partition coefficient (Wildman–Crippen LogP) is 1.49. The molecule has 0 radical (unpaired) electrons. The smallest absolute Gasteiger partial charge is 0.240 e. The van der Waals surface area contributed by atoms with Gasteiger partial charge in [-0.15, -0.1) is 0 Å². The van der Waals surface area contributed by atoms with Crippen molar-refractivity contribution < 1.29 is 13.5 Å². The van der Waals surface area contributed by atoms with Crippen LogP contribution in [0.1, 0.15) is 51.0 Å². The SMILES string of the molecule is CCNC(=NCc1ccc(S(=O)(=O)NC2CC2)cc1)NC1CCC(O)CC1. The number of hydrogen-bond donors (Lipinski definition) is 4. The zero-order valence-electron chi connectivity index (χ0n) is 15.8. The third-order valence-corrected chi connectivity index (χ3v) is 6.47. The fraction of sp³-hybridized carbons (Fsp3) is 0.632. The third kappa shape index (κ3) is 6.19. The Morgan fingerprint density at radius 1 is 1.07 bits per heavy atom. The molecule has 0 amide bonds. The van der Waals surface area contributed by atoms with E-state index in [4.69, 9.17) is 0 Å². The number of hydrogen-bond acceptors (Lipinski definition) is 4. The minimum Gasteiger partial charge on any atom is -0.393 e. The van der Waals surface area contributed by atoms with Crippen LogP contribution >= 0.6 is 0 Å². The number of guanidine groups is 1. The fourth-order valence-corrected chi connectivity index (χ4v) is 4.47. The summed E-state index contributed by atoms with van der Waals surface area (Å²) in [6, 6.07) is 7.33. The van der Waals surface area contributed by atoms with Gasteiger partial charge in [0.2, 0.25) is 10.0 Å². The summed E-state index contributed by atoms with van der Waals surface area (Å²) in [5, 5.41) is 16.3. The first-order valence-electron chi connectivity index (χ1n) is 9.80. The third-order valence-electron chi connectivity index (χ3n) is 4.93. The number of rotatable bonds is 7. The van der Waals surface area contributed by atoms with E-state index in [1.54, 1.807) is 12.1 Å². The van der Waals surface area contributed by atoms with Gasteiger partial charge in [-0.1, -0.05) is 12.1 Å². The van der Waals surface area contributed by atoms with Crippen LogP contribution in [-0.2, 0) is 16.6 Å². The average molecular weight is 395 g/mol. The van der Waals surface area contributed by atoms with Crippen LogP contribution in [0.3, 0.4) is 0 Å². The Morgan fingerprint density at radius 2 is 1.70 bits per heavy atom. The Kier molecular flexibility index (Phi) is 6.73. The molecule has 7 nitrogen and oxygen atoms in total. The molecule has 0 spiro atoms. The van der Waals surface area contributed by atoms with Crippen LogP contribution in [0, 0.1) is 0 Å². The van der Waals surface area contributed by atoms with E-state index < -0.39 is 10.0 Å². The van der Waals surface area contributed by atoms with Gasteiger partial charge in [0.15, 0.2) is 5.96 Å². The lowest BCUT2D eigenvalue weighted by molar-refractivity contribution is 0.120. The molecule has 2 aliphatic rings. The van der Waals surface area contributed by atoms with Gasteiger partial charge in [0.25, 0.3) is 0 Å². The van der Waals surface area contributed by atoms with Crippen molar-refractivity contribution in [2.75, 3.05) is 6.54 Å². The van der Waals surface area contributed by atoms with Crippen molar-refractivity contribution in [3.63, 3.8) is 0 Å². The summed E-state index contributed by atoms with van der Waals surface area (Å²) in [7, 11) is -3.41. The van der Waals surface area contributed by atoms with Crippen LogP contribution in [0.15, 0.2) is 34.2 Å². The number of sulfonamides is 1. The van der Waals surface area contributed by atoms with Gasteiger partial charge in [0.05, 0.1) is 17.5 Å². The van der Waals surface area contributed by atoms with Crippen LogP contribution in [0.4, 0.5) is 0 Å². The maximum absolute atomic E-state index is 12.2. The number of benzene rings is 1. The van der Waals surface area contributed by atoms with Crippen molar-refractivity contribution in [1.29, 1.82) is 0 Å². The van der Waals surface area contributed by atoms with Gasteiger partial charge in [-0.05, 0) is 63.1 Å². The second kappa shape index (κ2) is 9.03. The minimum absolute atomic E-state index is 0.105. The van der Waals surface area contributed by atoms with Crippen LogP contribution in [0.2, 0.25) is 0 Å². The molecule has 0 heterocycles. The van der Waals surface area contributed by atoms with Gasteiger partial charge in [-0.3, -0.25) is 0 Å². The highest BCUT2D eigenvalue weighted by molar-refractivity contribution is 7.89. The molecule has 0 saturated heterocycles. The number of aliphatic hydroxyl groups is 1. The highest BCUT2D eigenvalue weighted by atomic mass is 32.2. The molecule has 2 fully saturated rings. The first-order chi connectivity index (χ1) is 13.0. The molecule has 150 valence electrons. The lowest BCUT2D eigenvalue weighted by Crippen LogP contribution is -2.45.